The average Bonchev–Trinajstić information content (AvgIpc) is 2.76. The molecule has 1 aromatic rings. The van der Waals surface area contributed by atoms with Crippen LogP contribution in [0.2, 0.25) is 0 Å². The molecule has 1 atom stereocenters. The lowest BCUT2D eigenvalue weighted by Gasteiger charge is -2.30. The highest BCUT2D eigenvalue weighted by atomic mass is 32.2. The highest BCUT2D eigenvalue weighted by Gasteiger charge is 2.44. The van der Waals surface area contributed by atoms with Crippen LogP contribution in [0, 0.1) is 10.1 Å². The maximum Gasteiger partial charge on any atom is 0.269 e. The Bertz CT molecular complexity index is 673. The van der Waals surface area contributed by atoms with Crippen molar-refractivity contribution in [2.24, 2.45) is 5.10 Å². The molecule has 1 N–H and O–H groups in total. The van der Waals surface area contributed by atoms with E-state index in [2.05, 4.69) is 10.4 Å². The third-order valence-corrected chi connectivity index (χ3v) is 4.27. The van der Waals surface area contributed by atoms with Gasteiger partial charge in [0, 0.05) is 26.0 Å². The first-order valence-corrected chi connectivity index (χ1v) is 7.16. The van der Waals surface area contributed by atoms with Gasteiger partial charge in [0.25, 0.3) is 5.69 Å². The second-order valence-electron chi connectivity index (χ2n) is 4.81. The summed E-state index contributed by atoms with van der Waals surface area (Å²) in [6, 6.07) is 5.90. The molecule has 1 aliphatic rings. The fourth-order valence-corrected chi connectivity index (χ4v) is 3.29. The van der Waals surface area contributed by atoms with E-state index in [1.807, 2.05) is 0 Å². The number of amidine groups is 1. The molecule has 0 bridgehead atoms. The van der Waals surface area contributed by atoms with Crippen molar-refractivity contribution in [2.45, 2.75) is 25.6 Å². The van der Waals surface area contributed by atoms with Gasteiger partial charge in [0.05, 0.1) is 4.92 Å². The quantitative estimate of drug-likeness (QED) is 0.660. The number of nitro groups is 1. The molecule has 0 unspecified atom stereocenters. The standard InChI is InChI=1S/C13H14N4O4S/c1-8(18)14-12-15-16(9(2)19)13(3,22-12)10-4-6-11(7-5-10)17(20)21/h4-7H,1-3H3,(H,14,15,18)/t13-/m1/s1. The van der Waals surface area contributed by atoms with Crippen LogP contribution < -0.4 is 5.32 Å². The van der Waals surface area contributed by atoms with Gasteiger partial charge in [-0.05, 0) is 24.6 Å². The molecule has 0 aromatic heterocycles. The number of carbonyl (C=O) groups is 2. The summed E-state index contributed by atoms with van der Waals surface area (Å²) in [5.41, 5.74) is 0.634. The Balaban J connectivity index is 2.36. The lowest BCUT2D eigenvalue weighted by molar-refractivity contribution is -0.384. The first-order chi connectivity index (χ1) is 10.2. The Labute approximate surface area is 130 Å². The van der Waals surface area contributed by atoms with Crippen molar-refractivity contribution < 1.29 is 14.5 Å². The predicted molar refractivity (Wildman–Crippen MR) is 81.8 cm³/mol. The molecular weight excluding hydrogens is 308 g/mol. The zero-order valence-electron chi connectivity index (χ0n) is 12.2. The van der Waals surface area contributed by atoms with Crippen molar-refractivity contribution in [1.29, 1.82) is 0 Å². The number of hydrazone groups is 1. The van der Waals surface area contributed by atoms with E-state index >= 15 is 0 Å². The molecular formula is C13H14N4O4S. The molecule has 9 heteroatoms. The SMILES string of the molecule is CC(=O)NC1=NN(C(C)=O)[C@@](C)(c2ccc([N+](=O)[O-])cc2)S1. The van der Waals surface area contributed by atoms with E-state index < -0.39 is 9.79 Å². The minimum atomic E-state index is -0.876. The number of nitro benzene ring substituents is 1. The average molecular weight is 322 g/mol. The number of thioether (sulfide) groups is 1. The van der Waals surface area contributed by atoms with E-state index in [0.29, 0.717) is 10.7 Å². The van der Waals surface area contributed by atoms with Crippen molar-refractivity contribution in [3.8, 4) is 0 Å². The van der Waals surface area contributed by atoms with Gasteiger partial charge >= 0.3 is 0 Å². The molecule has 8 nitrogen and oxygen atoms in total. The van der Waals surface area contributed by atoms with E-state index in [4.69, 9.17) is 0 Å². The van der Waals surface area contributed by atoms with Crippen molar-refractivity contribution in [3.63, 3.8) is 0 Å². The number of rotatable bonds is 2. The largest absolute Gasteiger partial charge is 0.304 e. The molecule has 0 radical (unpaired) electrons. The van der Waals surface area contributed by atoms with Gasteiger partial charge in [-0.2, -0.15) is 0 Å². The Hall–Kier alpha value is -2.42. The van der Waals surface area contributed by atoms with Gasteiger partial charge < -0.3 is 5.32 Å². The molecule has 22 heavy (non-hydrogen) atoms. The van der Waals surface area contributed by atoms with Gasteiger partial charge in [0.15, 0.2) is 5.17 Å². The first-order valence-electron chi connectivity index (χ1n) is 6.35. The summed E-state index contributed by atoms with van der Waals surface area (Å²) in [5.74, 6) is -0.587. The maximum atomic E-state index is 11.8. The molecule has 0 spiro atoms. The number of carbonyl (C=O) groups excluding carboxylic acids is 2. The molecule has 1 heterocycles. The molecule has 2 amide bonds. The zero-order valence-corrected chi connectivity index (χ0v) is 13.0. The van der Waals surface area contributed by atoms with Gasteiger partial charge in [0.2, 0.25) is 11.8 Å². The number of hydrogen-bond acceptors (Lipinski definition) is 6. The van der Waals surface area contributed by atoms with Crippen LogP contribution >= 0.6 is 11.8 Å². The smallest absolute Gasteiger partial charge is 0.269 e. The Kier molecular flexibility index (Phi) is 4.18. The summed E-state index contributed by atoms with van der Waals surface area (Å²) in [4.78, 5) is 32.3. The van der Waals surface area contributed by atoms with Crippen LogP contribution in [0.1, 0.15) is 26.3 Å². The van der Waals surface area contributed by atoms with E-state index in [1.54, 1.807) is 19.1 Å². The van der Waals surface area contributed by atoms with Crippen LogP contribution in [0.15, 0.2) is 29.4 Å². The summed E-state index contributed by atoms with van der Waals surface area (Å²) in [6.07, 6.45) is 0. The fraction of sp³-hybridized carbons (Fsp3) is 0.308. The molecule has 0 saturated heterocycles. The molecule has 116 valence electrons. The van der Waals surface area contributed by atoms with Crippen LogP contribution in [0.4, 0.5) is 5.69 Å². The number of benzene rings is 1. The maximum absolute atomic E-state index is 11.8. The highest BCUT2D eigenvalue weighted by Crippen LogP contribution is 2.45. The summed E-state index contributed by atoms with van der Waals surface area (Å²) in [5, 5.41) is 19.0. The number of non-ortho nitro benzene ring substituents is 1. The Morgan fingerprint density at radius 2 is 1.91 bits per heavy atom. The number of hydrogen-bond donors (Lipinski definition) is 1. The van der Waals surface area contributed by atoms with Crippen molar-refractivity contribution >= 4 is 34.4 Å². The summed E-state index contributed by atoms with van der Waals surface area (Å²) in [7, 11) is 0. The van der Waals surface area contributed by atoms with Crippen LogP contribution in [-0.2, 0) is 14.5 Å². The van der Waals surface area contributed by atoms with Crippen LogP contribution in [0.25, 0.3) is 0 Å². The second kappa shape index (κ2) is 5.76. The van der Waals surface area contributed by atoms with Gasteiger partial charge in [0.1, 0.15) is 4.87 Å². The van der Waals surface area contributed by atoms with Gasteiger partial charge in [-0.1, -0.05) is 11.8 Å². The fourth-order valence-electron chi connectivity index (χ4n) is 2.08. The molecule has 0 aliphatic carbocycles. The topological polar surface area (TPSA) is 105 Å². The van der Waals surface area contributed by atoms with Crippen molar-refractivity contribution in [2.75, 3.05) is 0 Å². The Morgan fingerprint density at radius 1 is 1.32 bits per heavy atom. The third kappa shape index (κ3) is 2.93. The van der Waals surface area contributed by atoms with Crippen molar-refractivity contribution in [3.05, 3.63) is 39.9 Å². The third-order valence-electron chi connectivity index (χ3n) is 3.09. The molecule has 2 rings (SSSR count). The molecule has 0 fully saturated rings. The summed E-state index contributed by atoms with van der Waals surface area (Å²) >= 11 is 1.20. The normalized spacial score (nSPS) is 20.5. The lowest BCUT2D eigenvalue weighted by atomic mass is 10.1. The predicted octanol–water partition coefficient (Wildman–Crippen LogP) is 1.77. The minimum absolute atomic E-state index is 0.0345. The first kappa shape index (κ1) is 16.0. The van der Waals surface area contributed by atoms with Crippen LogP contribution in [-0.4, -0.2) is 26.9 Å². The van der Waals surface area contributed by atoms with Gasteiger partial charge in [-0.15, -0.1) is 5.10 Å². The molecule has 1 aliphatic heterocycles. The van der Waals surface area contributed by atoms with Gasteiger partial charge in [-0.3, -0.25) is 19.7 Å². The van der Waals surface area contributed by atoms with Crippen molar-refractivity contribution in [1.82, 2.24) is 10.3 Å². The number of amides is 2. The molecule has 0 saturated carbocycles. The number of nitrogens with one attached hydrogen (secondary N) is 1. The number of nitrogens with zero attached hydrogens (tertiary/aromatic N) is 3. The second-order valence-corrected chi connectivity index (χ2v) is 6.19. The Morgan fingerprint density at radius 3 is 2.36 bits per heavy atom. The summed E-state index contributed by atoms with van der Waals surface area (Å²) in [6.45, 7) is 4.48. The van der Waals surface area contributed by atoms with Crippen LogP contribution in [0.5, 0.6) is 0 Å². The van der Waals surface area contributed by atoms with E-state index in [-0.39, 0.29) is 17.5 Å². The lowest BCUT2D eigenvalue weighted by Crippen LogP contribution is -2.37. The zero-order chi connectivity index (χ0) is 16.5. The monoisotopic (exact) mass is 322 g/mol. The minimum Gasteiger partial charge on any atom is -0.304 e. The van der Waals surface area contributed by atoms with E-state index in [0.717, 1.165) is 0 Å². The molecule has 1 aromatic carbocycles. The van der Waals surface area contributed by atoms with Gasteiger partial charge in [-0.25, -0.2) is 5.01 Å². The van der Waals surface area contributed by atoms with Crippen LogP contribution in [0.3, 0.4) is 0 Å². The summed E-state index contributed by atoms with van der Waals surface area (Å²) < 4.78 is 0. The van der Waals surface area contributed by atoms with E-state index in [9.17, 15) is 19.7 Å². The van der Waals surface area contributed by atoms with E-state index in [1.165, 1.54) is 42.8 Å². The highest BCUT2D eigenvalue weighted by molar-refractivity contribution is 8.14.